The monoisotopic (exact) mass is 508 g/mol. The Balaban J connectivity index is 1.18. The van der Waals surface area contributed by atoms with Crippen molar-refractivity contribution < 1.29 is 24.3 Å². The van der Waals surface area contributed by atoms with Crippen LogP contribution in [0.5, 0.6) is 0 Å². The van der Waals surface area contributed by atoms with Gasteiger partial charge < -0.3 is 20.1 Å². The zero-order valence-corrected chi connectivity index (χ0v) is 21.0. The van der Waals surface area contributed by atoms with Gasteiger partial charge in [0.05, 0.1) is 29.7 Å². The zero-order valence-electron chi connectivity index (χ0n) is 21.0. The van der Waals surface area contributed by atoms with E-state index < -0.39 is 23.5 Å². The summed E-state index contributed by atoms with van der Waals surface area (Å²) in [6.07, 6.45) is 1.32. The lowest BCUT2D eigenvalue weighted by molar-refractivity contribution is -0.140. The standard InChI is InChI=1S/C31H28N2O5/c1-18-25(17-27(35)32-28-24-5-3-2-4-22(24)16-26(28)34)29(38-33-18)21-8-6-19(7-9-21)20-10-12-23(13-11-20)31(14-15-31)30(36)37/h2-13,26,28,34H,14-17H2,1H3,(H,32,35)(H,36,37). The van der Waals surface area contributed by atoms with E-state index in [1.807, 2.05) is 79.7 Å². The van der Waals surface area contributed by atoms with Gasteiger partial charge in [-0.2, -0.15) is 0 Å². The summed E-state index contributed by atoms with van der Waals surface area (Å²) >= 11 is 0. The first kappa shape index (κ1) is 24.1. The molecule has 0 aliphatic heterocycles. The minimum Gasteiger partial charge on any atom is -0.481 e. The Kier molecular flexibility index (Phi) is 5.88. The lowest BCUT2D eigenvalue weighted by atomic mass is 9.93. The molecule has 192 valence electrons. The fourth-order valence-corrected chi connectivity index (χ4v) is 5.50. The second kappa shape index (κ2) is 9.26. The van der Waals surface area contributed by atoms with Crippen LogP contribution in [0.1, 0.15) is 46.8 Å². The maximum atomic E-state index is 13.0. The first-order valence-electron chi connectivity index (χ1n) is 12.8. The number of nitrogens with one attached hydrogen (secondary N) is 1. The smallest absolute Gasteiger partial charge is 0.314 e. The number of aliphatic hydroxyl groups is 1. The molecule has 6 rings (SSSR count). The number of aliphatic hydroxyl groups excluding tert-OH is 1. The van der Waals surface area contributed by atoms with E-state index in [4.69, 9.17) is 4.52 Å². The number of carbonyl (C=O) groups excluding carboxylic acids is 1. The van der Waals surface area contributed by atoms with Crippen molar-refractivity contribution in [2.45, 2.75) is 50.2 Å². The molecule has 0 bridgehead atoms. The van der Waals surface area contributed by atoms with Crippen LogP contribution < -0.4 is 5.32 Å². The molecule has 1 amide bonds. The highest BCUT2D eigenvalue weighted by Crippen LogP contribution is 2.48. The lowest BCUT2D eigenvalue weighted by Crippen LogP contribution is -2.34. The van der Waals surface area contributed by atoms with Gasteiger partial charge >= 0.3 is 5.97 Å². The number of carbonyl (C=O) groups is 2. The van der Waals surface area contributed by atoms with Gasteiger partial charge in [-0.15, -0.1) is 0 Å². The number of aryl methyl sites for hydroxylation is 1. The molecule has 2 aliphatic carbocycles. The number of rotatable bonds is 7. The van der Waals surface area contributed by atoms with Crippen molar-refractivity contribution in [3.8, 4) is 22.5 Å². The van der Waals surface area contributed by atoms with Crippen LogP contribution in [0.15, 0.2) is 77.3 Å². The molecule has 2 atom stereocenters. The van der Waals surface area contributed by atoms with Gasteiger partial charge in [-0.3, -0.25) is 9.59 Å². The first-order valence-corrected chi connectivity index (χ1v) is 12.8. The maximum Gasteiger partial charge on any atom is 0.314 e. The molecular weight excluding hydrogens is 480 g/mol. The molecule has 0 saturated heterocycles. The lowest BCUT2D eigenvalue weighted by Gasteiger charge is -2.18. The summed E-state index contributed by atoms with van der Waals surface area (Å²) in [6, 6.07) is 22.9. The minimum atomic E-state index is -0.759. The molecule has 2 aliphatic rings. The summed E-state index contributed by atoms with van der Waals surface area (Å²) in [5.74, 6) is -0.417. The van der Waals surface area contributed by atoms with Crippen molar-refractivity contribution in [3.05, 3.63) is 101 Å². The molecule has 7 heteroatoms. The van der Waals surface area contributed by atoms with Crippen LogP contribution in [0.3, 0.4) is 0 Å². The van der Waals surface area contributed by atoms with Crippen LogP contribution in [-0.2, 0) is 27.8 Å². The van der Waals surface area contributed by atoms with Gasteiger partial charge in [0.15, 0.2) is 5.76 Å². The van der Waals surface area contributed by atoms with E-state index in [0.29, 0.717) is 36.3 Å². The van der Waals surface area contributed by atoms with Gasteiger partial charge in [-0.05, 0) is 47.6 Å². The number of carboxylic acids is 1. The Hall–Kier alpha value is -4.23. The first-order chi connectivity index (χ1) is 18.4. The highest BCUT2D eigenvalue weighted by atomic mass is 16.5. The molecule has 4 aromatic rings. The average Bonchev–Trinajstić information content (AvgIpc) is 3.59. The molecule has 3 N–H and O–H groups in total. The molecule has 0 spiro atoms. The molecule has 1 aromatic heterocycles. The Morgan fingerprint density at radius 3 is 2.26 bits per heavy atom. The molecule has 7 nitrogen and oxygen atoms in total. The third-order valence-corrected chi connectivity index (χ3v) is 7.92. The van der Waals surface area contributed by atoms with Crippen molar-refractivity contribution in [2.75, 3.05) is 0 Å². The number of carboxylic acid groups (broad SMARTS) is 1. The van der Waals surface area contributed by atoms with Crippen molar-refractivity contribution in [2.24, 2.45) is 0 Å². The van der Waals surface area contributed by atoms with Crippen LogP contribution in [0.25, 0.3) is 22.5 Å². The van der Waals surface area contributed by atoms with E-state index in [2.05, 4.69) is 10.5 Å². The molecular formula is C31H28N2O5. The summed E-state index contributed by atoms with van der Waals surface area (Å²) in [4.78, 5) is 24.6. The number of fused-ring (bicyclic) bond motifs is 1. The fraction of sp³-hybridized carbons (Fsp3) is 0.258. The van der Waals surface area contributed by atoms with E-state index in [9.17, 15) is 19.8 Å². The van der Waals surface area contributed by atoms with Crippen molar-refractivity contribution in [1.29, 1.82) is 0 Å². The highest BCUT2D eigenvalue weighted by molar-refractivity contribution is 5.85. The second-order valence-electron chi connectivity index (χ2n) is 10.3. The molecule has 0 radical (unpaired) electrons. The van der Waals surface area contributed by atoms with E-state index in [0.717, 1.165) is 33.4 Å². The number of amides is 1. The number of aliphatic carboxylic acids is 1. The van der Waals surface area contributed by atoms with E-state index >= 15 is 0 Å². The van der Waals surface area contributed by atoms with Crippen LogP contribution in [0, 0.1) is 6.92 Å². The normalized spacial score (nSPS) is 19.1. The van der Waals surface area contributed by atoms with Gasteiger partial charge in [-0.1, -0.05) is 78.0 Å². The van der Waals surface area contributed by atoms with Gasteiger partial charge in [0.2, 0.25) is 5.91 Å². The molecule has 1 fully saturated rings. The van der Waals surface area contributed by atoms with Crippen molar-refractivity contribution in [3.63, 3.8) is 0 Å². The number of hydrogen-bond acceptors (Lipinski definition) is 5. The summed E-state index contributed by atoms with van der Waals surface area (Å²) in [5, 5.41) is 27.1. The van der Waals surface area contributed by atoms with E-state index in [-0.39, 0.29) is 12.3 Å². The molecule has 1 saturated carbocycles. The fourth-order valence-electron chi connectivity index (χ4n) is 5.50. The Bertz CT molecular complexity index is 1520. The minimum absolute atomic E-state index is 0.0879. The van der Waals surface area contributed by atoms with Gasteiger partial charge in [0.1, 0.15) is 0 Å². The number of nitrogens with zero attached hydrogens (tertiary/aromatic N) is 1. The highest BCUT2D eigenvalue weighted by Gasteiger charge is 2.51. The quantitative estimate of drug-likeness (QED) is 0.332. The van der Waals surface area contributed by atoms with Gasteiger partial charge in [-0.25, -0.2) is 0 Å². The Morgan fingerprint density at radius 2 is 1.61 bits per heavy atom. The van der Waals surface area contributed by atoms with Crippen molar-refractivity contribution in [1.82, 2.24) is 10.5 Å². The maximum absolute atomic E-state index is 13.0. The van der Waals surface area contributed by atoms with Crippen LogP contribution in [0.2, 0.25) is 0 Å². The molecule has 1 heterocycles. The molecule has 2 unspecified atom stereocenters. The van der Waals surface area contributed by atoms with Gasteiger partial charge in [0.25, 0.3) is 0 Å². The van der Waals surface area contributed by atoms with Gasteiger partial charge in [0, 0.05) is 17.5 Å². The molecule has 38 heavy (non-hydrogen) atoms. The predicted molar refractivity (Wildman–Crippen MR) is 141 cm³/mol. The topological polar surface area (TPSA) is 113 Å². The predicted octanol–water partition coefficient (Wildman–Crippen LogP) is 4.75. The third kappa shape index (κ3) is 4.19. The number of benzene rings is 3. The molecule has 3 aromatic carbocycles. The Morgan fingerprint density at radius 1 is 0.974 bits per heavy atom. The SMILES string of the molecule is Cc1noc(-c2ccc(-c3ccc(C4(C(=O)O)CC4)cc3)cc2)c1CC(=O)NC1c2ccccc2CC1O. The summed E-state index contributed by atoms with van der Waals surface area (Å²) < 4.78 is 5.62. The summed E-state index contributed by atoms with van der Waals surface area (Å²) in [6.45, 7) is 1.81. The van der Waals surface area contributed by atoms with Crippen LogP contribution in [-0.4, -0.2) is 33.4 Å². The average molecular weight is 509 g/mol. The van der Waals surface area contributed by atoms with E-state index in [1.165, 1.54) is 0 Å². The number of hydrogen-bond donors (Lipinski definition) is 3. The third-order valence-electron chi connectivity index (χ3n) is 7.92. The number of aromatic nitrogens is 1. The Labute approximate surface area is 220 Å². The zero-order chi connectivity index (χ0) is 26.4. The summed E-state index contributed by atoms with van der Waals surface area (Å²) in [5.41, 5.74) is 6.29. The largest absolute Gasteiger partial charge is 0.481 e. The van der Waals surface area contributed by atoms with Crippen LogP contribution >= 0.6 is 0 Å². The van der Waals surface area contributed by atoms with Crippen LogP contribution in [0.4, 0.5) is 0 Å². The van der Waals surface area contributed by atoms with Crippen molar-refractivity contribution >= 4 is 11.9 Å². The second-order valence-corrected chi connectivity index (χ2v) is 10.3. The summed E-state index contributed by atoms with van der Waals surface area (Å²) in [7, 11) is 0. The van der Waals surface area contributed by atoms with E-state index in [1.54, 1.807) is 0 Å².